The van der Waals surface area contributed by atoms with Crippen LogP contribution in [0.1, 0.15) is 24.8 Å². The first-order chi connectivity index (χ1) is 11.1. The minimum absolute atomic E-state index is 0.101. The molecule has 1 N–H and O–H groups in total. The molecule has 0 unspecified atom stereocenters. The molecular formula is C15H18N4O4. The predicted octanol–water partition coefficient (Wildman–Crippen LogP) is 2.69. The average Bonchev–Trinajstić information content (AvgIpc) is 2.97. The number of rotatable bonds is 5. The van der Waals surface area contributed by atoms with Crippen LogP contribution in [-0.4, -0.2) is 30.8 Å². The molecule has 0 aliphatic heterocycles. The zero-order valence-electron chi connectivity index (χ0n) is 12.8. The van der Waals surface area contributed by atoms with E-state index in [9.17, 15) is 9.59 Å². The van der Waals surface area contributed by atoms with Gasteiger partial charge in [0.05, 0.1) is 7.11 Å². The fraction of sp³-hybridized carbons (Fsp3) is 0.467. The summed E-state index contributed by atoms with van der Waals surface area (Å²) in [5.74, 6) is -0.565. The molecule has 0 spiro atoms. The van der Waals surface area contributed by atoms with E-state index in [1.807, 2.05) is 30.3 Å². The SMILES string of the molecule is COC(=O)[C@]1(NC(=O)OCc2ccccc2)CC[C@@H](N=[N+]=[N-])C1. The van der Waals surface area contributed by atoms with Gasteiger partial charge < -0.3 is 14.8 Å². The van der Waals surface area contributed by atoms with Gasteiger partial charge in [-0.05, 0) is 30.4 Å². The number of hydrogen-bond acceptors (Lipinski definition) is 5. The van der Waals surface area contributed by atoms with Gasteiger partial charge in [0.15, 0.2) is 0 Å². The Hall–Kier alpha value is -2.73. The van der Waals surface area contributed by atoms with E-state index in [0.717, 1.165) is 5.56 Å². The van der Waals surface area contributed by atoms with E-state index in [4.69, 9.17) is 15.0 Å². The molecule has 8 heteroatoms. The number of nitrogens with zero attached hydrogens (tertiary/aromatic N) is 3. The molecule has 0 radical (unpaired) electrons. The van der Waals surface area contributed by atoms with Crippen molar-refractivity contribution >= 4 is 12.1 Å². The lowest BCUT2D eigenvalue weighted by atomic mass is 9.98. The van der Waals surface area contributed by atoms with E-state index < -0.39 is 17.6 Å². The Labute approximate surface area is 133 Å². The average molecular weight is 318 g/mol. The summed E-state index contributed by atoms with van der Waals surface area (Å²) in [6.45, 7) is 0.101. The maximum Gasteiger partial charge on any atom is 0.408 e. The van der Waals surface area contributed by atoms with E-state index in [0.29, 0.717) is 12.8 Å². The Morgan fingerprint density at radius 1 is 1.43 bits per heavy atom. The number of carbonyl (C=O) groups excluding carboxylic acids is 2. The zero-order chi connectivity index (χ0) is 16.7. The molecule has 1 fully saturated rings. The summed E-state index contributed by atoms with van der Waals surface area (Å²) in [5.41, 5.74) is 8.15. The number of nitrogens with one attached hydrogen (secondary N) is 1. The third-order valence-electron chi connectivity index (χ3n) is 3.83. The molecule has 1 saturated carbocycles. The Morgan fingerprint density at radius 3 is 2.83 bits per heavy atom. The third kappa shape index (κ3) is 4.14. The van der Waals surface area contributed by atoms with Crippen LogP contribution in [0.25, 0.3) is 10.4 Å². The second kappa shape index (κ2) is 7.51. The molecule has 0 saturated heterocycles. The van der Waals surface area contributed by atoms with Gasteiger partial charge in [-0.3, -0.25) is 0 Å². The standard InChI is InChI=1S/C15H18N4O4/c1-22-13(20)15(8-7-12(9-15)18-19-16)17-14(21)23-10-11-5-3-2-4-6-11/h2-6,12H,7-10H2,1H3,(H,17,21)/t12-,15+/m1/s1. The number of carbonyl (C=O) groups is 2. The highest BCUT2D eigenvalue weighted by Gasteiger charge is 2.47. The number of azide groups is 1. The highest BCUT2D eigenvalue weighted by atomic mass is 16.6. The van der Waals surface area contributed by atoms with E-state index >= 15 is 0 Å². The molecular weight excluding hydrogens is 300 g/mol. The Bertz CT molecular complexity index is 615. The quantitative estimate of drug-likeness (QED) is 0.389. The first kappa shape index (κ1) is 16.6. The van der Waals surface area contributed by atoms with Gasteiger partial charge in [-0.2, -0.15) is 0 Å². The molecule has 1 aromatic carbocycles. The maximum atomic E-state index is 12.1. The van der Waals surface area contributed by atoms with Gasteiger partial charge in [0, 0.05) is 11.0 Å². The molecule has 1 aliphatic carbocycles. The number of benzene rings is 1. The van der Waals surface area contributed by atoms with E-state index in [1.54, 1.807) is 0 Å². The molecule has 8 nitrogen and oxygen atoms in total. The molecule has 23 heavy (non-hydrogen) atoms. The predicted molar refractivity (Wildman–Crippen MR) is 81.3 cm³/mol. The number of alkyl carbamates (subject to hydrolysis) is 1. The lowest BCUT2D eigenvalue weighted by Gasteiger charge is -2.26. The molecule has 2 atom stereocenters. The van der Waals surface area contributed by atoms with Crippen LogP contribution in [0, 0.1) is 0 Å². The molecule has 0 aromatic heterocycles. The van der Waals surface area contributed by atoms with Crippen molar-refractivity contribution in [3.8, 4) is 0 Å². The van der Waals surface area contributed by atoms with Crippen LogP contribution in [0.5, 0.6) is 0 Å². The summed E-state index contributed by atoms with van der Waals surface area (Å²) < 4.78 is 9.93. The van der Waals surface area contributed by atoms with Crippen molar-refractivity contribution in [1.29, 1.82) is 0 Å². The van der Waals surface area contributed by atoms with Crippen molar-refractivity contribution in [1.82, 2.24) is 5.32 Å². The minimum Gasteiger partial charge on any atom is -0.467 e. The van der Waals surface area contributed by atoms with E-state index in [2.05, 4.69) is 15.3 Å². The summed E-state index contributed by atoms with van der Waals surface area (Å²) in [6, 6.07) is 8.85. The fourth-order valence-electron chi connectivity index (χ4n) is 2.69. The van der Waals surface area contributed by atoms with Crippen LogP contribution >= 0.6 is 0 Å². The number of hydrogen-bond donors (Lipinski definition) is 1. The van der Waals surface area contributed by atoms with Crippen molar-refractivity contribution < 1.29 is 19.1 Å². The maximum absolute atomic E-state index is 12.1. The molecule has 2 rings (SSSR count). The summed E-state index contributed by atoms with van der Waals surface area (Å²) in [7, 11) is 1.25. The zero-order valence-corrected chi connectivity index (χ0v) is 12.8. The summed E-state index contributed by atoms with van der Waals surface area (Å²) in [6.07, 6.45) is 0.326. The van der Waals surface area contributed by atoms with Crippen LogP contribution < -0.4 is 5.32 Å². The molecule has 1 aromatic rings. The van der Waals surface area contributed by atoms with Gasteiger partial charge in [0.1, 0.15) is 12.1 Å². The molecule has 1 amide bonds. The van der Waals surface area contributed by atoms with Gasteiger partial charge in [0.2, 0.25) is 0 Å². The van der Waals surface area contributed by atoms with E-state index in [1.165, 1.54) is 7.11 Å². The number of methoxy groups -OCH3 is 1. The van der Waals surface area contributed by atoms with Crippen molar-refractivity contribution in [3.05, 3.63) is 46.3 Å². The minimum atomic E-state index is -1.21. The largest absolute Gasteiger partial charge is 0.467 e. The number of ether oxygens (including phenoxy) is 2. The molecule has 122 valence electrons. The lowest BCUT2D eigenvalue weighted by Crippen LogP contribution is -2.53. The van der Waals surface area contributed by atoms with Crippen LogP contribution in [-0.2, 0) is 20.9 Å². The highest BCUT2D eigenvalue weighted by molar-refractivity contribution is 5.86. The van der Waals surface area contributed by atoms with Crippen molar-refractivity contribution in [2.24, 2.45) is 5.11 Å². The second-order valence-electron chi connectivity index (χ2n) is 5.36. The van der Waals surface area contributed by atoms with Crippen molar-refractivity contribution in [2.45, 2.75) is 37.5 Å². The van der Waals surface area contributed by atoms with Gasteiger partial charge in [-0.25, -0.2) is 9.59 Å². The molecule has 0 bridgehead atoms. The number of esters is 1. The number of amides is 1. The monoisotopic (exact) mass is 318 g/mol. The summed E-state index contributed by atoms with van der Waals surface area (Å²) in [4.78, 5) is 26.8. The highest BCUT2D eigenvalue weighted by Crippen LogP contribution is 2.33. The fourth-order valence-corrected chi connectivity index (χ4v) is 2.69. The second-order valence-corrected chi connectivity index (χ2v) is 5.36. The molecule has 0 heterocycles. The third-order valence-corrected chi connectivity index (χ3v) is 3.83. The van der Waals surface area contributed by atoms with Gasteiger partial charge in [0.25, 0.3) is 0 Å². The van der Waals surface area contributed by atoms with Crippen molar-refractivity contribution in [3.63, 3.8) is 0 Å². The summed E-state index contributed by atoms with van der Waals surface area (Å²) >= 11 is 0. The van der Waals surface area contributed by atoms with Gasteiger partial charge in [-0.1, -0.05) is 35.4 Å². The smallest absolute Gasteiger partial charge is 0.408 e. The normalized spacial score (nSPS) is 22.7. The summed E-state index contributed by atoms with van der Waals surface area (Å²) in [5, 5.41) is 6.20. The first-order valence-electron chi connectivity index (χ1n) is 7.21. The van der Waals surface area contributed by atoms with Gasteiger partial charge in [-0.15, -0.1) is 0 Å². The van der Waals surface area contributed by atoms with E-state index in [-0.39, 0.29) is 19.1 Å². The lowest BCUT2D eigenvalue weighted by molar-refractivity contribution is -0.148. The van der Waals surface area contributed by atoms with Crippen LogP contribution in [0.15, 0.2) is 35.4 Å². The first-order valence-corrected chi connectivity index (χ1v) is 7.21. The Morgan fingerprint density at radius 2 is 2.17 bits per heavy atom. The van der Waals surface area contributed by atoms with Crippen LogP contribution in [0.3, 0.4) is 0 Å². The topological polar surface area (TPSA) is 113 Å². The Balaban J connectivity index is 1.99. The van der Waals surface area contributed by atoms with Crippen molar-refractivity contribution in [2.75, 3.05) is 7.11 Å². The Kier molecular flexibility index (Phi) is 5.43. The molecule has 1 aliphatic rings. The van der Waals surface area contributed by atoms with Crippen LogP contribution in [0.2, 0.25) is 0 Å². The van der Waals surface area contributed by atoms with Crippen LogP contribution in [0.4, 0.5) is 4.79 Å². The van der Waals surface area contributed by atoms with Gasteiger partial charge >= 0.3 is 12.1 Å².